The highest BCUT2D eigenvalue weighted by Crippen LogP contribution is 2.12. The first-order chi connectivity index (χ1) is 9.29. The Morgan fingerprint density at radius 2 is 2.00 bits per heavy atom. The van der Waals surface area contributed by atoms with Crippen molar-refractivity contribution in [3.8, 4) is 0 Å². The zero-order valence-corrected chi connectivity index (χ0v) is 11.2. The topological polar surface area (TPSA) is 21.6 Å². The first-order valence-corrected chi connectivity index (χ1v) is 6.28. The van der Waals surface area contributed by atoms with Crippen molar-refractivity contribution in [2.24, 2.45) is 5.16 Å². The molecule has 2 rings (SSSR count). The van der Waals surface area contributed by atoms with Crippen LogP contribution in [0.2, 0.25) is 5.02 Å². The largest absolute Gasteiger partial charge is 0.391 e. The predicted molar refractivity (Wildman–Crippen MR) is 80.4 cm³/mol. The predicted octanol–water partition coefficient (Wildman–Crippen LogP) is 4.53. The first kappa shape index (κ1) is 13.4. The zero-order valence-electron chi connectivity index (χ0n) is 10.4. The highest BCUT2D eigenvalue weighted by atomic mass is 35.5. The summed E-state index contributed by atoms with van der Waals surface area (Å²) in [5.74, 6) is 0. The molecule has 0 atom stereocenters. The minimum atomic E-state index is 0.419. The Hall–Kier alpha value is -2.06. The second-order valence-electron chi connectivity index (χ2n) is 3.98. The van der Waals surface area contributed by atoms with Gasteiger partial charge in [-0.3, -0.25) is 0 Å². The van der Waals surface area contributed by atoms with Crippen molar-refractivity contribution < 1.29 is 4.84 Å². The van der Waals surface area contributed by atoms with Gasteiger partial charge in [0.1, 0.15) is 6.61 Å². The number of oxime groups is 1. The highest BCUT2D eigenvalue weighted by molar-refractivity contribution is 6.33. The van der Waals surface area contributed by atoms with Crippen LogP contribution in [0.3, 0.4) is 0 Å². The average molecular weight is 272 g/mol. The Balaban J connectivity index is 1.93. The summed E-state index contributed by atoms with van der Waals surface area (Å²) < 4.78 is 0. The molecule has 2 aromatic rings. The number of benzene rings is 2. The van der Waals surface area contributed by atoms with Crippen LogP contribution in [0.25, 0.3) is 6.08 Å². The van der Waals surface area contributed by atoms with Gasteiger partial charge in [-0.2, -0.15) is 0 Å². The molecule has 0 unspecified atom stereocenters. The van der Waals surface area contributed by atoms with Gasteiger partial charge in [0.05, 0.1) is 6.21 Å². The minimum Gasteiger partial charge on any atom is -0.391 e. The van der Waals surface area contributed by atoms with E-state index in [9.17, 15) is 0 Å². The van der Waals surface area contributed by atoms with Crippen molar-refractivity contribution in [1.29, 1.82) is 0 Å². The van der Waals surface area contributed by atoms with Crippen LogP contribution in [0, 0.1) is 0 Å². The van der Waals surface area contributed by atoms with Gasteiger partial charge in [0, 0.05) is 10.6 Å². The third-order valence-electron chi connectivity index (χ3n) is 2.59. The molecule has 0 aliphatic carbocycles. The third-order valence-corrected chi connectivity index (χ3v) is 2.93. The average Bonchev–Trinajstić information content (AvgIpc) is 2.45. The van der Waals surface area contributed by atoms with Crippen LogP contribution in [0.5, 0.6) is 0 Å². The molecule has 96 valence electrons. The fourth-order valence-corrected chi connectivity index (χ4v) is 1.78. The molecule has 0 heterocycles. The van der Waals surface area contributed by atoms with Crippen molar-refractivity contribution in [3.05, 3.63) is 76.8 Å². The van der Waals surface area contributed by atoms with E-state index in [1.807, 2.05) is 48.5 Å². The zero-order chi connectivity index (χ0) is 13.5. The summed E-state index contributed by atoms with van der Waals surface area (Å²) in [6, 6.07) is 15.4. The van der Waals surface area contributed by atoms with E-state index in [1.54, 1.807) is 12.3 Å². The van der Waals surface area contributed by atoms with Crippen molar-refractivity contribution in [1.82, 2.24) is 0 Å². The first-order valence-electron chi connectivity index (χ1n) is 5.91. The fourth-order valence-electron chi connectivity index (χ4n) is 1.60. The molecule has 0 fully saturated rings. The molecule has 0 aliphatic heterocycles. The molecule has 0 radical (unpaired) electrons. The van der Waals surface area contributed by atoms with Crippen LogP contribution in [0.15, 0.2) is 60.3 Å². The molecule has 3 heteroatoms. The molecule has 0 N–H and O–H groups in total. The normalized spacial score (nSPS) is 10.6. The number of hydrogen-bond acceptors (Lipinski definition) is 2. The molecule has 0 aromatic heterocycles. The minimum absolute atomic E-state index is 0.419. The van der Waals surface area contributed by atoms with Crippen LogP contribution in [-0.4, -0.2) is 6.21 Å². The second kappa shape index (κ2) is 6.76. The third kappa shape index (κ3) is 3.97. The number of hydrogen-bond donors (Lipinski definition) is 0. The number of rotatable bonds is 5. The lowest BCUT2D eigenvalue weighted by Gasteiger charge is -2.01. The Labute approximate surface area is 118 Å². The van der Waals surface area contributed by atoms with E-state index in [4.69, 9.17) is 16.4 Å². The summed E-state index contributed by atoms with van der Waals surface area (Å²) in [6.07, 6.45) is 3.41. The van der Waals surface area contributed by atoms with Gasteiger partial charge in [0.15, 0.2) is 0 Å². The van der Waals surface area contributed by atoms with Gasteiger partial charge in [0.2, 0.25) is 0 Å². The van der Waals surface area contributed by atoms with E-state index >= 15 is 0 Å². The van der Waals surface area contributed by atoms with Gasteiger partial charge in [-0.05, 0) is 23.3 Å². The van der Waals surface area contributed by atoms with Crippen molar-refractivity contribution in [2.75, 3.05) is 0 Å². The molecule has 0 saturated carbocycles. The fraction of sp³-hybridized carbons (Fsp3) is 0.0625. The maximum atomic E-state index is 6.00. The van der Waals surface area contributed by atoms with Crippen molar-refractivity contribution in [2.45, 2.75) is 6.61 Å². The smallest absolute Gasteiger partial charge is 0.142 e. The van der Waals surface area contributed by atoms with Crippen molar-refractivity contribution >= 4 is 23.9 Å². The van der Waals surface area contributed by atoms with Gasteiger partial charge in [-0.15, -0.1) is 0 Å². The van der Waals surface area contributed by atoms with Gasteiger partial charge >= 0.3 is 0 Å². The molecule has 0 spiro atoms. The Kier molecular flexibility index (Phi) is 4.76. The monoisotopic (exact) mass is 271 g/mol. The SMILES string of the molecule is C=Cc1cccc(CON=Cc2ccccc2Cl)c1. The van der Waals surface area contributed by atoms with E-state index in [2.05, 4.69) is 11.7 Å². The van der Waals surface area contributed by atoms with Gasteiger partial charge in [-0.25, -0.2) is 0 Å². The molecule has 0 saturated heterocycles. The molecule has 2 aromatic carbocycles. The number of halogens is 1. The van der Waals surface area contributed by atoms with E-state index in [0.717, 1.165) is 16.7 Å². The van der Waals surface area contributed by atoms with Gasteiger partial charge in [-0.1, -0.05) is 65.8 Å². The maximum absolute atomic E-state index is 6.00. The Bertz CT molecular complexity index is 593. The molecular formula is C16H14ClNO. The lowest BCUT2D eigenvalue weighted by atomic mass is 10.1. The van der Waals surface area contributed by atoms with Gasteiger partial charge in [0.25, 0.3) is 0 Å². The maximum Gasteiger partial charge on any atom is 0.142 e. The molecule has 19 heavy (non-hydrogen) atoms. The number of nitrogens with zero attached hydrogens (tertiary/aromatic N) is 1. The lowest BCUT2D eigenvalue weighted by Crippen LogP contribution is -1.89. The molecule has 0 amide bonds. The standard InChI is InChI=1S/C16H14ClNO/c1-2-13-6-5-7-14(10-13)12-19-18-11-15-8-3-4-9-16(15)17/h2-11H,1,12H2. The van der Waals surface area contributed by atoms with Crippen LogP contribution in [0.4, 0.5) is 0 Å². The van der Waals surface area contributed by atoms with E-state index < -0.39 is 0 Å². The molecule has 2 nitrogen and oxygen atoms in total. The summed E-state index contributed by atoms with van der Waals surface area (Å²) in [7, 11) is 0. The van der Waals surface area contributed by atoms with Crippen LogP contribution in [0.1, 0.15) is 16.7 Å². The van der Waals surface area contributed by atoms with E-state index in [-0.39, 0.29) is 0 Å². The van der Waals surface area contributed by atoms with Crippen LogP contribution in [-0.2, 0) is 11.4 Å². The van der Waals surface area contributed by atoms with Crippen molar-refractivity contribution in [3.63, 3.8) is 0 Å². The van der Waals surface area contributed by atoms with E-state index in [0.29, 0.717) is 11.6 Å². The van der Waals surface area contributed by atoms with Crippen LogP contribution >= 0.6 is 11.6 Å². The summed E-state index contributed by atoms with van der Waals surface area (Å²) in [5, 5.41) is 4.57. The molecule has 0 aliphatic rings. The summed E-state index contributed by atoms with van der Waals surface area (Å²) in [4.78, 5) is 5.25. The Morgan fingerprint density at radius 3 is 2.79 bits per heavy atom. The summed E-state index contributed by atoms with van der Waals surface area (Å²) in [6.45, 7) is 4.15. The summed E-state index contributed by atoms with van der Waals surface area (Å²) in [5.41, 5.74) is 2.95. The second-order valence-corrected chi connectivity index (χ2v) is 4.39. The highest BCUT2D eigenvalue weighted by Gasteiger charge is 1.95. The Morgan fingerprint density at radius 1 is 1.16 bits per heavy atom. The molecular weight excluding hydrogens is 258 g/mol. The van der Waals surface area contributed by atoms with E-state index in [1.165, 1.54) is 0 Å². The molecule has 0 bridgehead atoms. The van der Waals surface area contributed by atoms with Crippen LogP contribution < -0.4 is 0 Å². The van der Waals surface area contributed by atoms with Gasteiger partial charge < -0.3 is 4.84 Å². The summed E-state index contributed by atoms with van der Waals surface area (Å²) >= 11 is 6.00. The quantitative estimate of drug-likeness (QED) is 0.578. The lowest BCUT2D eigenvalue weighted by molar-refractivity contribution is 0.132.